The number of Topliss-reactive ketones (excluding diaryl/α,β-unsaturated/α-hetero) is 1. The third kappa shape index (κ3) is 4.15. The molecule has 1 aliphatic rings. The molecule has 1 fully saturated rings. The maximum absolute atomic E-state index is 12.1. The number of ketones is 1. The van der Waals surface area contributed by atoms with Gasteiger partial charge in [-0.3, -0.25) is 4.79 Å². The van der Waals surface area contributed by atoms with Crippen molar-refractivity contribution in [2.24, 2.45) is 0 Å². The maximum Gasteiger partial charge on any atom is 0.188 e. The summed E-state index contributed by atoms with van der Waals surface area (Å²) in [5.41, 5.74) is 1.98. The van der Waals surface area contributed by atoms with Gasteiger partial charge in [0.1, 0.15) is 6.61 Å². The molecule has 0 spiro atoms. The van der Waals surface area contributed by atoms with Crippen LogP contribution < -0.4 is 0 Å². The molecule has 0 N–H and O–H groups in total. The van der Waals surface area contributed by atoms with Crippen LogP contribution in [0, 0.1) is 0 Å². The summed E-state index contributed by atoms with van der Waals surface area (Å²) in [6.07, 6.45) is 3.28. The molecular weight excluding hydrogens is 252 g/mol. The number of aryl methyl sites for hydroxylation is 1. The zero-order valence-corrected chi connectivity index (χ0v) is 12.6. The lowest BCUT2D eigenvalue weighted by Gasteiger charge is -2.31. The van der Waals surface area contributed by atoms with Crippen LogP contribution >= 0.6 is 0 Å². The number of ether oxygens (including phenoxy) is 2. The van der Waals surface area contributed by atoms with Gasteiger partial charge in [0.15, 0.2) is 5.78 Å². The molecule has 0 radical (unpaired) electrons. The van der Waals surface area contributed by atoms with E-state index in [0.29, 0.717) is 0 Å². The topological polar surface area (TPSA) is 35.5 Å². The van der Waals surface area contributed by atoms with E-state index in [1.165, 1.54) is 5.56 Å². The predicted molar refractivity (Wildman–Crippen MR) is 79.1 cm³/mol. The molecule has 1 heterocycles. The van der Waals surface area contributed by atoms with Crippen molar-refractivity contribution in [1.29, 1.82) is 0 Å². The molecule has 3 heteroatoms. The third-order valence-electron chi connectivity index (χ3n) is 3.79. The summed E-state index contributed by atoms with van der Waals surface area (Å²) in [6.45, 7) is 6.37. The molecule has 1 aromatic rings. The largest absolute Gasteiger partial charge is 0.375 e. The predicted octanol–water partition coefficient (Wildman–Crippen LogP) is 3.40. The fourth-order valence-corrected chi connectivity index (χ4v) is 2.68. The van der Waals surface area contributed by atoms with Crippen LogP contribution in [0.1, 0.15) is 49.5 Å². The van der Waals surface area contributed by atoms with E-state index in [4.69, 9.17) is 9.47 Å². The smallest absolute Gasteiger partial charge is 0.188 e. The highest BCUT2D eigenvalue weighted by Gasteiger charge is 2.25. The average molecular weight is 276 g/mol. The molecule has 0 saturated carbocycles. The molecule has 2 atom stereocenters. The van der Waals surface area contributed by atoms with Gasteiger partial charge in [0.05, 0.1) is 18.3 Å². The number of hydrogen-bond donors (Lipinski definition) is 0. The van der Waals surface area contributed by atoms with E-state index in [1.807, 2.05) is 24.3 Å². The van der Waals surface area contributed by atoms with E-state index in [9.17, 15) is 4.79 Å². The molecular formula is C17H24O3. The summed E-state index contributed by atoms with van der Waals surface area (Å²) in [5.74, 6) is 0.0550. The summed E-state index contributed by atoms with van der Waals surface area (Å²) in [4.78, 5) is 12.1. The lowest BCUT2D eigenvalue weighted by molar-refractivity contribution is -0.0975. The minimum atomic E-state index is 0.0550. The van der Waals surface area contributed by atoms with Gasteiger partial charge < -0.3 is 9.47 Å². The van der Waals surface area contributed by atoms with Gasteiger partial charge in [-0.25, -0.2) is 0 Å². The monoisotopic (exact) mass is 276 g/mol. The Kier molecular flexibility index (Phi) is 5.32. The lowest BCUT2D eigenvalue weighted by Crippen LogP contribution is -2.35. The molecule has 110 valence electrons. The molecule has 1 aromatic carbocycles. The van der Waals surface area contributed by atoms with Crippen LogP contribution in [0.2, 0.25) is 0 Å². The molecule has 0 amide bonds. The molecule has 20 heavy (non-hydrogen) atoms. The van der Waals surface area contributed by atoms with Gasteiger partial charge in [0.2, 0.25) is 0 Å². The summed E-state index contributed by atoms with van der Waals surface area (Å²) >= 11 is 0. The standard InChI is InChI=1S/C17H24O3/c1-4-14-5-7-15(8-6-14)17(18)11-19-16-9-12(2)20-13(3)10-16/h5-8,12-13,16H,4,9-11H2,1-3H3. The number of benzene rings is 1. The van der Waals surface area contributed by atoms with Crippen LogP contribution in [-0.4, -0.2) is 30.7 Å². The third-order valence-corrected chi connectivity index (χ3v) is 3.79. The van der Waals surface area contributed by atoms with E-state index in [1.54, 1.807) is 0 Å². The minimum absolute atomic E-state index is 0.0550. The van der Waals surface area contributed by atoms with Crippen LogP contribution in [0.15, 0.2) is 24.3 Å². The lowest BCUT2D eigenvalue weighted by atomic mass is 10.0. The molecule has 0 aliphatic carbocycles. The second-order valence-corrected chi connectivity index (χ2v) is 5.64. The molecule has 0 aromatic heterocycles. The first-order valence-electron chi connectivity index (χ1n) is 7.47. The van der Waals surface area contributed by atoms with Crippen molar-refractivity contribution in [3.63, 3.8) is 0 Å². The Bertz CT molecular complexity index is 428. The van der Waals surface area contributed by atoms with Crippen molar-refractivity contribution in [3.05, 3.63) is 35.4 Å². The highest BCUT2D eigenvalue weighted by atomic mass is 16.5. The first-order valence-corrected chi connectivity index (χ1v) is 7.47. The fourth-order valence-electron chi connectivity index (χ4n) is 2.68. The average Bonchev–Trinajstić information content (AvgIpc) is 2.44. The highest BCUT2D eigenvalue weighted by molar-refractivity contribution is 5.97. The highest BCUT2D eigenvalue weighted by Crippen LogP contribution is 2.21. The molecule has 0 bridgehead atoms. The Morgan fingerprint density at radius 2 is 1.80 bits per heavy atom. The van der Waals surface area contributed by atoms with Crippen molar-refractivity contribution in [1.82, 2.24) is 0 Å². The van der Waals surface area contributed by atoms with Crippen LogP contribution in [-0.2, 0) is 15.9 Å². The van der Waals surface area contributed by atoms with Gasteiger partial charge in [-0.05, 0) is 38.7 Å². The van der Waals surface area contributed by atoms with Gasteiger partial charge in [0, 0.05) is 5.56 Å². The Hall–Kier alpha value is -1.19. The number of hydrogen-bond acceptors (Lipinski definition) is 3. The normalized spacial score (nSPS) is 26.4. The summed E-state index contributed by atoms with van der Waals surface area (Å²) < 4.78 is 11.4. The van der Waals surface area contributed by atoms with Gasteiger partial charge in [-0.1, -0.05) is 31.2 Å². The van der Waals surface area contributed by atoms with Crippen molar-refractivity contribution in [2.75, 3.05) is 6.61 Å². The van der Waals surface area contributed by atoms with Crippen molar-refractivity contribution < 1.29 is 14.3 Å². The molecule has 3 nitrogen and oxygen atoms in total. The zero-order valence-electron chi connectivity index (χ0n) is 12.6. The van der Waals surface area contributed by atoms with Crippen LogP contribution in [0.4, 0.5) is 0 Å². The van der Waals surface area contributed by atoms with Gasteiger partial charge in [-0.15, -0.1) is 0 Å². The fraction of sp³-hybridized carbons (Fsp3) is 0.588. The first-order chi connectivity index (χ1) is 9.58. The van der Waals surface area contributed by atoms with E-state index in [0.717, 1.165) is 24.8 Å². The van der Waals surface area contributed by atoms with Crippen molar-refractivity contribution in [3.8, 4) is 0 Å². The molecule has 1 saturated heterocycles. The summed E-state index contributed by atoms with van der Waals surface area (Å²) in [5, 5.41) is 0. The number of carbonyl (C=O) groups is 1. The summed E-state index contributed by atoms with van der Waals surface area (Å²) in [6, 6.07) is 7.79. The minimum Gasteiger partial charge on any atom is -0.375 e. The molecule has 1 aliphatic heterocycles. The van der Waals surface area contributed by atoms with Gasteiger partial charge >= 0.3 is 0 Å². The van der Waals surface area contributed by atoms with E-state index >= 15 is 0 Å². The van der Waals surface area contributed by atoms with Gasteiger partial charge in [0.25, 0.3) is 0 Å². The van der Waals surface area contributed by atoms with Crippen LogP contribution in [0.3, 0.4) is 0 Å². The molecule has 2 rings (SSSR count). The SMILES string of the molecule is CCc1ccc(C(=O)COC2CC(C)OC(C)C2)cc1. The Morgan fingerprint density at radius 1 is 1.20 bits per heavy atom. The van der Waals surface area contributed by atoms with Crippen LogP contribution in [0.25, 0.3) is 0 Å². The van der Waals surface area contributed by atoms with Crippen molar-refractivity contribution >= 4 is 5.78 Å². The van der Waals surface area contributed by atoms with E-state index in [-0.39, 0.29) is 30.7 Å². The van der Waals surface area contributed by atoms with Gasteiger partial charge in [-0.2, -0.15) is 0 Å². The number of rotatable bonds is 5. The first kappa shape index (κ1) is 15.2. The van der Waals surface area contributed by atoms with Crippen molar-refractivity contribution in [2.45, 2.75) is 58.3 Å². The second-order valence-electron chi connectivity index (χ2n) is 5.64. The summed E-state index contributed by atoms with van der Waals surface area (Å²) in [7, 11) is 0. The van der Waals surface area contributed by atoms with Crippen LogP contribution in [0.5, 0.6) is 0 Å². The quantitative estimate of drug-likeness (QED) is 0.773. The Labute approximate surface area is 121 Å². The maximum atomic E-state index is 12.1. The number of carbonyl (C=O) groups excluding carboxylic acids is 1. The van der Waals surface area contributed by atoms with E-state index < -0.39 is 0 Å². The van der Waals surface area contributed by atoms with E-state index in [2.05, 4.69) is 20.8 Å². The Balaban J connectivity index is 1.85. The second kappa shape index (κ2) is 7.00. The molecule has 2 unspecified atom stereocenters. The zero-order chi connectivity index (χ0) is 14.5. The Morgan fingerprint density at radius 3 is 2.35 bits per heavy atom.